The molecule has 1 aromatic rings. The van der Waals surface area contributed by atoms with Gasteiger partial charge in [0.05, 0.1) is 0 Å². The van der Waals surface area contributed by atoms with Crippen LogP contribution in [0.15, 0.2) is 24.3 Å². The molecule has 0 aliphatic carbocycles. The van der Waals surface area contributed by atoms with Gasteiger partial charge in [0.1, 0.15) is 0 Å². The van der Waals surface area contributed by atoms with E-state index in [1.165, 1.54) is 62.9 Å². The molecule has 112 valence electrons. The molecule has 0 amide bonds. The fraction of sp³-hybridized carbons (Fsp3) is 0.667. The molecule has 1 aliphatic heterocycles. The van der Waals surface area contributed by atoms with Crippen LogP contribution in [0.25, 0.3) is 0 Å². The van der Waals surface area contributed by atoms with Crippen molar-refractivity contribution in [3.63, 3.8) is 0 Å². The summed E-state index contributed by atoms with van der Waals surface area (Å²) in [6.07, 6.45) is 6.47. The number of hydrogen-bond donors (Lipinski definition) is 1. The Balaban J connectivity index is 1.66. The van der Waals surface area contributed by atoms with Crippen molar-refractivity contribution in [1.29, 1.82) is 0 Å². The van der Waals surface area contributed by atoms with Gasteiger partial charge in [-0.15, -0.1) is 0 Å². The molecular weight excluding hydrogens is 244 g/mol. The lowest BCUT2D eigenvalue weighted by Crippen LogP contribution is -2.26. The lowest BCUT2D eigenvalue weighted by atomic mass is 10.0. The lowest BCUT2D eigenvalue weighted by Gasteiger charge is -2.17. The quantitative estimate of drug-likeness (QED) is 0.726. The van der Waals surface area contributed by atoms with E-state index in [9.17, 15) is 0 Å². The average molecular weight is 274 g/mol. The second-order valence-corrected chi connectivity index (χ2v) is 6.07. The van der Waals surface area contributed by atoms with Crippen LogP contribution in [-0.4, -0.2) is 31.1 Å². The van der Waals surface area contributed by atoms with Gasteiger partial charge in [0.15, 0.2) is 0 Å². The molecule has 0 radical (unpaired) electrons. The minimum absolute atomic E-state index is 0.462. The normalized spacial score (nSPS) is 17.5. The molecule has 1 aliphatic rings. The van der Waals surface area contributed by atoms with Gasteiger partial charge in [-0.1, -0.05) is 37.6 Å². The van der Waals surface area contributed by atoms with Gasteiger partial charge in [-0.05, 0) is 69.9 Å². The van der Waals surface area contributed by atoms with Gasteiger partial charge >= 0.3 is 0 Å². The highest BCUT2D eigenvalue weighted by molar-refractivity contribution is 5.24. The number of nitrogens with zero attached hydrogens (tertiary/aromatic N) is 1. The average Bonchev–Trinajstić information content (AvgIpc) is 2.98. The molecule has 0 spiro atoms. The second-order valence-electron chi connectivity index (χ2n) is 6.07. The maximum absolute atomic E-state index is 3.65. The standard InChI is InChI=1S/C18H30N2/c1-3-7-17-8-10-18(11-9-17)16(2)19-12-6-15-20-13-4-5-14-20/h8-11,16,19H,3-7,12-15H2,1-2H3. The first-order chi connectivity index (χ1) is 9.79. The van der Waals surface area contributed by atoms with Crippen LogP contribution in [0.1, 0.15) is 56.7 Å². The summed E-state index contributed by atoms with van der Waals surface area (Å²) in [4.78, 5) is 2.59. The number of rotatable bonds is 8. The number of hydrogen-bond acceptors (Lipinski definition) is 2. The van der Waals surface area contributed by atoms with Crippen molar-refractivity contribution in [3.05, 3.63) is 35.4 Å². The zero-order valence-corrected chi connectivity index (χ0v) is 13.2. The van der Waals surface area contributed by atoms with E-state index in [-0.39, 0.29) is 0 Å². The van der Waals surface area contributed by atoms with Crippen LogP contribution in [0.2, 0.25) is 0 Å². The molecule has 1 N–H and O–H groups in total. The number of benzene rings is 1. The highest BCUT2D eigenvalue weighted by Crippen LogP contribution is 2.14. The van der Waals surface area contributed by atoms with Gasteiger partial charge in [0.2, 0.25) is 0 Å². The summed E-state index contributed by atoms with van der Waals surface area (Å²) >= 11 is 0. The van der Waals surface area contributed by atoms with Crippen molar-refractivity contribution in [2.24, 2.45) is 0 Å². The van der Waals surface area contributed by atoms with Crippen molar-refractivity contribution in [2.45, 2.75) is 52.0 Å². The summed E-state index contributed by atoms with van der Waals surface area (Å²) < 4.78 is 0. The van der Waals surface area contributed by atoms with Crippen LogP contribution >= 0.6 is 0 Å². The highest BCUT2D eigenvalue weighted by atomic mass is 15.1. The molecule has 20 heavy (non-hydrogen) atoms. The third-order valence-corrected chi connectivity index (χ3v) is 4.32. The summed E-state index contributed by atoms with van der Waals surface area (Å²) in [6, 6.07) is 9.58. The molecule has 0 aromatic heterocycles. The summed E-state index contributed by atoms with van der Waals surface area (Å²) in [6.45, 7) is 9.51. The first-order valence-electron chi connectivity index (χ1n) is 8.34. The predicted molar refractivity (Wildman–Crippen MR) is 87.1 cm³/mol. The van der Waals surface area contributed by atoms with Crippen LogP contribution in [-0.2, 0) is 6.42 Å². The fourth-order valence-electron chi connectivity index (χ4n) is 3.01. The molecule has 0 bridgehead atoms. The Labute approximate surface area is 124 Å². The third kappa shape index (κ3) is 4.92. The molecule has 1 atom stereocenters. The Hall–Kier alpha value is -0.860. The van der Waals surface area contributed by atoms with Crippen molar-refractivity contribution in [2.75, 3.05) is 26.2 Å². The van der Waals surface area contributed by atoms with Gasteiger partial charge in [0, 0.05) is 6.04 Å². The van der Waals surface area contributed by atoms with Crippen LogP contribution in [0.4, 0.5) is 0 Å². The van der Waals surface area contributed by atoms with E-state index < -0.39 is 0 Å². The smallest absolute Gasteiger partial charge is 0.0291 e. The Morgan fingerprint density at radius 3 is 2.50 bits per heavy atom. The van der Waals surface area contributed by atoms with Gasteiger partial charge < -0.3 is 10.2 Å². The number of likely N-dealkylation sites (tertiary alicyclic amines) is 1. The molecule has 2 nitrogen and oxygen atoms in total. The first-order valence-corrected chi connectivity index (χ1v) is 8.34. The summed E-state index contributed by atoms with van der Waals surface area (Å²) in [5.74, 6) is 0. The van der Waals surface area contributed by atoms with Crippen molar-refractivity contribution >= 4 is 0 Å². The molecule has 2 rings (SSSR count). The summed E-state index contributed by atoms with van der Waals surface area (Å²) in [5.41, 5.74) is 2.86. The van der Waals surface area contributed by atoms with Crippen LogP contribution in [0, 0.1) is 0 Å². The Morgan fingerprint density at radius 2 is 1.85 bits per heavy atom. The molecule has 1 aromatic carbocycles. The van der Waals surface area contributed by atoms with Crippen molar-refractivity contribution in [1.82, 2.24) is 10.2 Å². The Kier molecular flexibility index (Phi) is 6.55. The van der Waals surface area contributed by atoms with E-state index in [4.69, 9.17) is 0 Å². The Morgan fingerprint density at radius 1 is 1.15 bits per heavy atom. The molecule has 1 unspecified atom stereocenters. The molecular formula is C18H30N2. The number of aryl methyl sites for hydroxylation is 1. The summed E-state index contributed by atoms with van der Waals surface area (Å²) in [5, 5.41) is 3.65. The third-order valence-electron chi connectivity index (χ3n) is 4.32. The van der Waals surface area contributed by atoms with Gasteiger partial charge in [-0.3, -0.25) is 0 Å². The van der Waals surface area contributed by atoms with Gasteiger partial charge in [0.25, 0.3) is 0 Å². The molecule has 1 fully saturated rings. The lowest BCUT2D eigenvalue weighted by molar-refractivity contribution is 0.328. The first kappa shape index (κ1) is 15.5. The van der Waals surface area contributed by atoms with Crippen molar-refractivity contribution < 1.29 is 0 Å². The van der Waals surface area contributed by atoms with E-state index in [1.807, 2.05) is 0 Å². The maximum atomic E-state index is 3.65. The fourth-order valence-corrected chi connectivity index (χ4v) is 3.01. The van der Waals surface area contributed by atoms with E-state index in [0.717, 1.165) is 6.54 Å². The number of nitrogens with one attached hydrogen (secondary N) is 1. The molecule has 2 heteroatoms. The molecule has 1 heterocycles. The zero-order valence-electron chi connectivity index (χ0n) is 13.2. The topological polar surface area (TPSA) is 15.3 Å². The van der Waals surface area contributed by atoms with Crippen LogP contribution in [0.3, 0.4) is 0 Å². The predicted octanol–water partition coefficient (Wildman–Crippen LogP) is 3.78. The molecule has 1 saturated heterocycles. The minimum Gasteiger partial charge on any atom is -0.310 e. The molecule has 0 saturated carbocycles. The van der Waals surface area contributed by atoms with Gasteiger partial charge in [-0.25, -0.2) is 0 Å². The van der Waals surface area contributed by atoms with E-state index in [2.05, 4.69) is 48.3 Å². The monoisotopic (exact) mass is 274 g/mol. The van der Waals surface area contributed by atoms with Crippen LogP contribution in [0.5, 0.6) is 0 Å². The van der Waals surface area contributed by atoms with E-state index in [0.29, 0.717) is 6.04 Å². The van der Waals surface area contributed by atoms with Gasteiger partial charge in [-0.2, -0.15) is 0 Å². The Bertz CT molecular complexity index is 366. The van der Waals surface area contributed by atoms with E-state index >= 15 is 0 Å². The second kappa shape index (κ2) is 8.43. The summed E-state index contributed by atoms with van der Waals surface area (Å²) in [7, 11) is 0. The SMILES string of the molecule is CCCc1ccc(C(C)NCCCN2CCCC2)cc1. The highest BCUT2D eigenvalue weighted by Gasteiger charge is 2.10. The van der Waals surface area contributed by atoms with E-state index in [1.54, 1.807) is 0 Å². The van der Waals surface area contributed by atoms with Crippen molar-refractivity contribution in [3.8, 4) is 0 Å². The zero-order chi connectivity index (χ0) is 14.2. The largest absolute Gasteiger partial charge is 0.310 e. The van der Waals surface area contributed by atoms with Crippen LogP contribution < -0.4 is 5.32 Å². The minimum atomic E-state index is 0.462. The maximum Gasteiger partial charge on any atom is 0.0291 e.